The topological polar surface area (TPSA) is 13.1 Å². The first-order valence-electron chi connectivity index (χ1n) is 19.7. The first-order chi connectivity index (χ1) is 27.2. The largest absolute Gasteiger partial charge is 0.456 e. The minimum Gasteiger partial charge on any atom is -0.456 e. The Balaban J connectivity index is 1.35. The van der Waals surface area contributed by atoms with Gasteiger partial charge in [-0.15, -0.1) is 0 Å². The summed E-state index contributed by atoms with van der Waals surface area (Å²) in [7, 11) is 0. The van der Waals surface area contributed by atoms with E-state index < -0.39 is 0 Å². The Hall–Kier alpha value is -6.44. The van der Waals surface area contributed by atoms with E-state index in [2.05, 4.69) is 182 Å². The van der Waals surface area contributed by atoms with Crippen molar-refractivity contribution in [3.05, 3.63) is 179 Å². The van der Waals surface area contributed by atoms with E-state index >= 15 is 0 Å². The Kier molecular flexibility index (Phi) is 8.44. The number of hydrogen-bond donors (Lipinski definition) is 0. The number of aryl methyl sites for hydroxylation is 1. The Morgan fingerprint density at radius 3 is 1.93 bits per heavy atom. The van der Waals surface area contributed by atoms with Crippen molar-refractivity contribution in [1.82, 2.24) is 0 Å². The molecular weight excluding hydrogens is 677 g/mol. The number of allylic oxidation sites excluding steroid dienone is 5. The molecule has 8 aromatic rings. The summed E-state index contributed by atoms with van der Waals surface area (Å²) >= 11 is 0. The van der Waals surface area contributed by atoms with E-state index in [1.54, 1.807) is 6.08 Å². The molecule has 9 rings (SSSR count). The second-order valence-corrected chi connectivity index (χ2v) is 15.5. The van der Waals surface area contributed by atoms with Crippen LogP contribution in [-0.4, -0.2) is 0 Å². The van der Waals surface area contributed by atoms with Crippen molar-refractivity contribution in [3.63, 3.8) is 0 Å². The monoisotopic (exact) mass is 722 g/mol. The van der Waals surface area contributed by atoms with E-state index in [9.17, 15) is 0 Å². The van der Waals surface area contributed by atoms with Crippen molar-refractivity contribution in [2.75, 3.05) is 0 Å². The molecule has 1 aliphatic carbocycles. The summed E-state index contributed by atoms with van der Waals surface area (Å²) in [6, 6.07) is 38.2. The number of benzene rings is 7. The molecule has 0 fully saturated rings. The lowest BCUT2D eigenvalue weighted by atomic mass is 9.79. The molecule has 0 aliphatic heterocycles. The smallest absolute Gasteiger partial charge is 0.143 e. The molecule has 0 amide bonds. The first kappa shape index (κ1) is 35.3. The van der Waals surface area contributed by atoms with E-state index in [0.717, 1.165) is 27.9 Å². The zero-order valence-electron chi connectivity index (χ0n) is 33.2. The van der Waals surface area contributed by atoms with E-state index in [1.807, 2.05) is 12.2 Å². The van der Waals surface area contributed by atoms with Gasteiger partial charge in [0.25, 0.3) is 0 Å². The number of furan rings is 1. The highest BCUT2D eigenvalue weighted by atomic mass is 16.3. The van der Waals surface area contributed by atoms with Gasteiger partial charge in [0, 0.05) is 21.8 Å². The van der Waals surface area contributed by atoms with Gasteiger partial charge >= 0.3 is 0 Å². The molecule has 0 saturated carbocycles. The van der Waals surface area contributed by atoms with Crippen LogP contribution in [0.5, 0.6) is 0 Å². The Morgan fingerprint density at radius 2 is 1.27 bits per heavy atom. The highest BCUT2D eigenvalue weighted by molar-refractivity contribution is 6.18. The second-order valence-electron chi connectivity index (χ2n) is 15.5. The van der Waals surface area contributed by atoms with Crippen LogP contribution < -0.4 is 10.4 Å². The van der Waals surface area contributed by atoms with Gasteiger partial charge in [0.05, 0.1) is 0 Å². The zero-order valence-corrected chi connectivity index (χ0v) is 33.2. The predicted octanol–water partition coefficient (Wildman–Crippen LogP) is 14.2. The third-order valence-corrected chi connectivity index (χ3v) is 12.2. The number of hydrogen-bond acceptors (Lipinski definition) is 1. The summed E-state index contributed by atoms with van der Waals surface area (Å²) in [6.45, 7) is 21.7. The minimum atomic E-state index is -0.221. The molecule has 0 spiro atoms. The first-order valence-corrected chi connectivity index (χ1v) is 19.7. The van der Waals surface area contributed by atoms with Crippen molar-refractivity contribution in [1.29, 1.82) is 0 Å². The van der Waals surface area contributed by atoms with Crippen LogP contribution in [0.15, 0.2) is 145 Å². The second kappa shape index (κ2) is 13.4. The maximum atomic E-state index is 6.67. The summed E-state index contributed by atoms with van der Waals surface area (Å²) in [5.41, 5.74) is 14.4. The lowest BCUT2D eigenvalue weighted by molar-refractivity contribution is 0.603. The average molecular weight is 723 g/mol. The molecule has 0 radical (unpaired) electrons. The molecule has 0 unspecified atom stereocenters. The quantitative estimate of drug-likeness (QED) is 0.156. The van der Waals surface area contributed by atoms with Gasteiger partial charge < -0.3 is 4.42 Å². The molecular formula is C55H46O. The van der Waals surface area contributed by atoms with Crippen LogP contribution in [0.4, 0.5) is 0 Å². The molecule has 0 N–H and O–H groups in total. The molecule has 272 valence electrons. The van der Waals surface area contributed by atoms with Crippen molar-refractivity contribution in [2.24, 2.45) is 0 Å². The fraction of sp³-hybridized carbons (Fsp3) is 0.127. The molecule has 0 atom stereocenters. The van der Waals surface area contributed by atoms with Crippen molar-refractivity contribution >= 4 is 67.1 Å². The Bertz CT molecular complexity index is 3170. The van der Waals surface area contributed by atoms with Crippen molar-refractivity contribution in [2.45, 2.75) is 47.0 Å². The van der Waals surface area contributed by atoms with Crippen LogP contribution in [0.2, 0.25) is 0 Å². The lowest BCUT2D eigenvalue weighted by Crippen LogP contribution is -2.29. The van der Waals surface area contributed by atoms with Gasteiger partial charge in [0.2, 0.25) is 0 Å². The highest BCUT2D eigenvalue weighted by Crippen LogP contribution is 2.56. The standard InChI is InChI=1S/C55H46O/c1-9-13-21-33(5)38-29-30-44(40-23-15-14-22-39(38)40)51-37(12-4)36(11-3)50(41-24-16-17-25-42(41)51)35-28-31-47-46(32-35)52-43-26-18-19-27-45(43)54-49(53(52)55(47,7)8)34(6)48(56-54)20-10-2/h9-32H,1,5H2,2-4,6-8H3/b20-10-,21-13-,36-11+,37-12?. The molecule has 1 aliphatic rings. The summed E-state index contributed by atoms with van der Waals surface area (Å²) in [5.74, 6) is 0.934. The van der Waals surface area contributed by atoms with Gasteiger partial charge in [0.1, 0.15) is 11.3 Å². The molecule has 0 bridgehead atoms. The van der Waals surface area contributed by atoms with Crippen LogP contribution in [-0.2, 0) is 5.41 Å². The van der Waals surface area contributed by atoms with Crippen LogP contribution in [0, 0.1) is 6.92 Å². The van der Waals surface area contributed by atoms with Gasteiger partial charge in [0.15, 0.2) is 0 Å². The number of rotatable bonds is 6. The van der Waals surface area contributed by atoms with Crippen molar-refractivity contribution < 1.29 is 4.42 Å². The SMILES string of the molecule is C=C/C=C\C(=C)c1ccc(-c2c(=CC)/c(=C\C)c(-c3ccc4c(c3)-c3c(c5c(C)c(/C=C\C)oc5c5ccccc35)C4(C)C)c3ccccc23)c2ccccc12. The maximum absolute atomic E-state index is 6.67. The predicted molar refractivity (Wildman–Crippen MR) is 245 cm³/mol. The van der Waals surface area contributed by atoms with E-state index in [0.29, 0.717) is 0 Å². The summed E-state index contributed by atoms with van der Waals surface area (Å²) in [6.07, 6.45) is 14.6. The fourth-order valence-corrected chi connectivity index (χ4v) is 9.73. The van der Waals surface area contributed by atoms with E-state index in [1.165, 1.54) is 92.8 Å². The van der Waals surface area contributed by atoms with Gasteiger partial charge in [-0.25, -0.2) is 0 Å². The van der Waals surface area contributed by atoms with Crippen LogP contribution >= 0.6 is 0 Å². The third kappa shape index (κ3) is 5.00. The summed E-state index contributed by atoms with van der Waals surface area (Å²) in [5, 5.41) is 11.0. The van der Waals surface area contributed by atoms with E-state index in [4.69, 9.17) is 4.42 Å². The van der Waals surface area contributed by atoms with E-state index in [-0.39, 0.29) is 5.41 Å². The van der Waals surface area contributed by atoms with Gasteiger partial charge in [-0.05, 0) is 133 Å². The zero-order chi connectivity index (χ0) is 38.9. The Morgan fingerprint density at radius 1 is 0.661 bits per heavy atom. The highest BCUT2D eigenvalue weighted by Gasteiger charge is 2.40. The third-order valence-electron chi connectivity index (χ3n) is 12.2. The van der Waals surface area contributed by atoms with Gasteiger partial charge in [-0.1, -0.05) is 161 Å². The van der Waals surface area contributed by atoms with Crippen LogP contribution in [0.25, 0.3) is 100 Å². The summed E-state index contributed by atoms with van der Waals surface area (Å²) in [4.78, 5) is 0. The van der Waals surface area contributed by atoms with Crippen LogP contribution in [0.3, 0.4) is 0 Å². The average Bonchev–Trinajstić information content (AvgIpc) is 3.67. The Labute approximate surface area is 329 Å². The molecule has 1 heterocycles. The van der Waals surface area contributed by atoms with Crippen LogP contribution in [0.1, 0.15) is 62.6 Å². The normalized spacial score (nSPS) is 14.2. The van der Waals surface area contributed by atoms with Gasteiger partial charge in [-0.2, -0.15) is 0 Å². The lowest BCUT2D eigenvalue weighted by Gasteiger charge is -2.23. The minimum absolute atomic E-state index is 0.221. The van der Waals surface area contributed by atoms with Crippen molar-refractivity contribution in [3.8, 4) is 33.4 Å². The molecule has 1 heteroatoms. The molecule has 1 aromatic heterocycles. The molecule has 0 saturated heterocycles. The maximum Gasteiger partial charge on any atom is 0.143 e. The fourth-order valence-electron chi connectivity index (χ4n) is 9.73. The molecule has 56 heavy (non-hydrogen) atoms. The number of fused-ring (bicyclic) bond motifs is 10. The van der Waals surface area contributed by atoms with Gasteiger partial charge in [-0.3, -0.25) is 0 Å². The molecule has 7 aromatic carbocycles. The summed E-state index contributed by atoms with van der Waals surface area (Å²) < 4.78 is 6.67. The molecule has 1 nitrogen and oxygen atoms in total.